The van der Waals surface area contributed by atoms with Gasteiger partial charge in [-0.05, 0) is 50.7 Å². The quantitative estimate of drug-likeness (QED) is 0.850. The minimum Gasteiger partial charge on any atom is -0.330 e. The molecule has 0 fully saturated rings. The third-order valence-electron chi connectivity index (χ3n) is 2.85. The lowest BCUT2D eigenvalue weighted by atomic mass is 10.1. The Bertz CT molecular complexity index is 357. The topological polar surface area (TPSA) is 29.3 Å². The van der Waals surface area contributed by atoms with Gasteiger partial charge in [0.15, 0.2) is 0 Å². The zero-order valence-electron chi connectivity index (χ0n) is 10.4. The minimum atomic E-state index is -0.201. The molecule has 0 radical (unpaired) electrons. The van der Waals surface area contributed by atoms with Gasteiger partial charge in [-0.1, -0.05) is 18.5 Å². The molecule has 1 unspecified atom stereocenters. The minimum absolute atomic E-state index is 0.201. The highest BCUT2D eigenvalue weighted by Gasteiger charge is 2.08. The maximum atomic E-state index is 13.5. The molecule has 0 saturated heterocycles. The molecule has 1 aromatic rings. The highest BCUT2D eigenvalue weighted by Crippen LogP contribution is 2.16. The predicted octanol–water partition coefficient (Wildman–Crippen LogP) is 2.90. The first-order valence-corrected chi connectivity index (χ1v) is 6.23. The van der Waals surface area contributed by atoms with Gasteiger partial charge < -0.3 is 10.6 Å². The summed E-state index contributed by atoms with van der Waals surface area (Å²) in [5, 5.41) is 0.574. The molecule has 2 nitrogen and oxygen atoms in total. The van der Waals surface area contributed by atoms with Crippen LogP contribution in [0.4, 0.5) is 4.39 Å². The Labute approximate surface area is 108 Å². The van der Waals surface area contributed by atoms with E-state index in [-0.39, 0.29) is 5.82 Å². The van der Waals surface area contributed by atoms with Gasteiger partial charge in [-0.25, -0.2) is 4.39 Å². The summed E-state index contributed by atoms with van der Waals surface area (Å²) >= 11 is 5.85. The van der Waals surface area contributed by atoms with Crippen LogP contribution in [0.1, 0.15) is 18.9 Å². The monoisotopic (exact) mass is 258 g/mol. The van der Waals surface area contributed by atoms with E-state index in [1.807, 2.05) is 7.05 Å². The first-order valence-electron chi connectivity index (χ1n) is 5.85. The molecule has 2 N–H and O–H groups in total. The van der Waals surface area contributed by atoms with Gasteiger partial charge in [-0.3, -0.25) is 0 Å². The Hall–Kier alpha value is -0.640. The molecule has 1 atom stereocenters. The second kappa shape index (κ2) is 6.94. The first-order chi connectivity index (χ1) is 8.02. The van der Waals surface area contributed by atoms with Crippen molar-refractivity contribution in [3.8, 4) is 0 Å². The van der Waals surface area contributed by atoms with Crippen LogP contribution in [0.3, 0.4) is 0 Å². The van der Waals surface area contributed by atoms with E-state index in [1.165, 1.54) is 6.07 Å². The molecule has 0 spiro atoms. The van der Waals surface area contributed by atoms with Gasteiger partial charge in [0, 0.05) is 17.1 Å². The van der Waals surface area contributed by atoms with E-state index in [2.05, 4.69) is 11.8 Å². The highest BCUT2D eigenvalue weighted by atomic mass is 35.5. The van der Waals surface area contributed by atoms with E-state index in [9.17, 15) is 4.39 Å². The molecule has 1 aromatic carbocycles. The number of benzene rings is 1. The molecule has 1 rings (SSSR count). The maximum absolute atomic E-state index is 13.5. The van der Waals surface area contributed by atoms with Gasteiger partial charge >= 0.3 is 0 Å². The van der Waals surface area contributed by atoms with Crippen LogP contribution in [0.15, 0.2) is 18.2 Å². The molecule has 17 heavy (non-hydrogen) atoms. The fourth-order valence-electron chi connectivity index (χ4n) is 1.59. The van der Waals surface area contributed by atoms with Crippen LogP contribution in [-0.2, 0) is 6.54 Å². The lowest BCUT2D eigenvalue weighted by molar-refractivity contribution is 0.296. The molecular formula is C13H20ClFN2. The molecule has 0 aromatic heterocycles. The van der Waals surface area contributed by atoms with E-state index >= 15 is 0 Å². The van der Waals surface area contributed by atoms with Gasteiger partial charge in [0.05, 0.1) is 0 Å². The fourth-order valence-corrected chi connectivity index (χ4v) is 1.79. The third kappa shape index (κ3) is 5.02. The van der Waals surface area contributed by atoms with Crippen molar-refractivity contribution in [2.24, 2.45) is 11.7 Å². The van der Waals surface area contributed by atoms with Crippen LogP contribution in [0.5, 0.6) is 0 Å². The fraction of sp³-hybridized carbons (Fsp3) is 0.538. The van der Waals surface area contributed by atoms with Crippen molar-refractivity contribution in [2.75, 3.05) is 20.1 Å². The lowest BCUT2D eigenvalue weighted by Crippen LogP contribution is -2.23. The predicted molar refractivity (Wildman–Crippen MR) is 70.6 cm³/mol. The van der Waals surface area contributed by atoms with Crippen LogP contribution in [0.25, 0.3) is 0 Å². The van der Waals surface area contributed by atoms with Crippen LogP contribution < -0.4 is 5.73 Å². The molecular weight excluding hydrogens is 239 g/mol. The van der Waals surface area contributed by atoms with Crippen molar-refractivity contribution in [1.29, 1.82) is 0 Å². The Balaban J connectivity index is 2.50. The molecule has 0 bridgehead atoms. The average molecular weight is 259 g/mol. The zero-order valence-corrected chi connectivity index (χ0v) is 11.2. The number of hydrogen-bond donors (Lipinski definition) is 1. The summed E-state index contributed by atoms with van der Waals surface area (Å²) in [5.41, 5.74) is 6.20. The second-order valence-electron chi connectivity index (χ2n) is 4.60. The summed E-state index contributed by atoms with van der Waals surface area (Å²) in [4.78, 5) is 2.08. The Morgan fingerprint density at radius 1 is 1.47 bits per heavy atom. The summed E-state index contributed by atoms with van der Waals surface area (Å²) in [5.74, 6) is 0.301. The summed E-state index contributed by atoms with van der Waals surface area (Å²) in [7, 11) is 1.98. The van der Waals surface area contributed by atoms with Crippen LogP contribution >= 0.6 is 11.6 Å². The SMILES string of the molecule is CC(CN)CCN(C)Cc1cc(Cl)ccc1F. The number of nitrogens with zero attached hydrogens (tertiary/aromatic N) is 1. The van der Waals surface area contributed by atoms with E-state index in [0.29, 0.717) is 29.6 Å². The molecule has 0 aliphatic carbocycles. The Morgan fingerprint density at radius 2 is 2.18 bits per heavy atom. The molecule has 0 amide bonds. The van der Waals surface area contributed by atoms with E-state index in [4.69, 9.17) is 17.3 Å². The highest BCUT2D eigenvalue weighted by molar-refractivity contribution is 6.30. The molecule has 4 heteroatoms. The zero-order chi connectivity index (χ0) is 12.8. The van der Waals surface area contributed by atoms with Crippen molar-refractivity contribution in [1.82, 2.24) is 4.90 Å². The Morgan fingerprint density at radius 3 is 2.82 bits per heavy atom. The van der Waals surface area contributed by atoms with E-state index in [0.717, 1.165) is 13.0 Å². The first kappa shape index (κ1) is 14.4. The Kier molecular flexibility index (Phi) is 5.89. The standard InChI is InChI=1S/C13H20ClFN2/c1-10(8-16)5-6-17(2)9-11-7-12(14)3-4-13(11)15/h3-4,7,10H,5-6,8-9,16H2,1-2H3. The normalized spacial score (nSPS) is 13.1. The van der Waals surface area contributed by atoms with Gasteiger partial charge in [-0.2, -0.15) is 0 Å². The molecule has 0 aliphatic rings. The van der Waals surface area contributed by atoms with Crippen molar-refractivity contribution >= 4 is 11.6 Å². The third-order valence-corrected chi connectivity index (χ3v) is 3.09. The number of hydrogen-bond acceptors (Lipinski definition) is 2. The van der Waals surface area contributed by atoms with E-state index in [1.54, 1.807) is 12.1 Å². The van der Waals surface area contributed by atoms with Gasteiger partial charge in [0.2, 0.25) is 0 Å². The largest absolute Gasteiger partial charge is 0.330 e. The lowest BCUT2D eigenvalue weighted by Gasteiger charge is -2.19. The number of halogens is 2. The summed E-state index contributed by atoms with van der Waals surface area (Å²) < 4.78 is 13.5. The molecule has 0 saturated carbocycles. The van der Waals surface area contributed by atoms with Gasteiger partial charge in [0.1, 0.15) is 5.82 Å². The smallest absolute Gasteiger partial charge is 0.127 e. The summed E-state index contributed by atoms with van der Waals surface area (Å²) in [6, 6.07) is 4.66. The molecule has 0 aliphatic heterocycles. The molecule has 96 valence electrons. The summed E-state index contributed by atoms with van der Waals surface area (Å²) in [6.45, 7) is 4.29. The van der Waals surface area contributed by atoms with Crippen molar-refractivity contribution in [3.05, 3.63) is 34.6 Å². The van der Waals surface area contributed by atoms with Crippen LogP contribution in [-0.4, -0.2) is 25.0 Å². The van der Waals surface area contributed by atoms with E-state index < -0.39 is 0 Å². The molecule has 0 heterocycles. The van der Waals surface area contributed by atoms with Crippen molar-refractivity contribution in [2.45, 2.75) is 19.9 Å². The summed E-state index contributed by atoms with van der Waals surface area (Å²) in [6.07, 6.45) is 1.02. The van der Waals surface area contributed by atoms with Crippen molar-refractivity contribution < 1.29 is 4.39 Å². The van der Waals surface area contributed by atoms with Gasteiger partial charge in [-0.15, -0.1) is 0 Å². The second-order valence-corrected chi connectivity index (χ2v) is 5.04. The number of rotatable bonds is 6. The maximum Gasteiger partial charge on any atom is 0.127 e. The van der Waals surface area contributed by atoms with Crippen LogP contribution in [0, 0.1) is 11.7 Å². The van der Waals surface area contributed by atoms with Gasteiger partial charge in [0.25, 0.3) is 0 Å². The average Bonchev–Trinajstić information content (AvgIpc) is 2.30. The van der Waals surface area contributed by atoms with Crippen LogP contribution in [0.2, 0.25) is 5.02 Å². The number of nitrogens with two attached hydrogens (primary N) is 1. The van der Waals surface area contributed by atoms with Crippen molar-refractivity contribution in [3.63, 3.8) is 0 Å².